The molecular formula is C16H14ClNO2. The minimum atomic E-state index is -0.0203. The topological polar surface area (TPSA) is 34.4 Å². The van der Waals surface area contributed by atoms with Crippen LogP contribution in [0.3, 0.4) is 0 Å². The predicted molar refractivity (Wildman–Crippen MR) is 80.4 cm³/mol. The second-order valence-electron chi connectivity index (χ2n) is 4.60. The Balaban J connectivity index is 2.15. The lowest BCUT2D eigenvalue weighted by molar-refractivity contribution is 0.273. The van der Waals surface area contributed by atoms with Gasteiger partial charge in [0.25, 0.3) is 0 Å². The van der Waals surface area contributed by atoms with Gasteiger partial charge in [0.2, 0.25) is 0 Å². The van der Waals surface area contributed by atoms with Crippen LogP contribution in [-0.2, 0) is 13.7 Å². The van der Waals surface area contributed by atoms with Gasteiger partial charge in [0.1, 0.15) is 11.5 Å². The first-order chi connectivity index (χ1) is 9.69. The molecule has 0 aliphatic heterocycles. The third kappa shape index (κ3) is 2.26. The number of ether oxygens (including phenoxy) is 1. The monoisotopic (exact) mass is 287 g/mol. The zero-order chi connectivity index (χ0) is 14.1. The Bertz CT molecular complexity index is 750. The van der Waals surface area contributed by atoms with Crippen molar-refractivity contribution < 1.29 is 9.84 Å². The quantitative estimate of drug-likeness (QED) is 0.786. The first-order valence-corrected chi connectivity index (χ1v) is 6.68. The molecule has 0 saturated heterocycles. The van der Waals surface area contributed by atoms with Crippen molar-refractivity contribution in [2.45, 2.75) is 6.61 Å². The largest absolute Gasteiger partial charge is 0.457 e. The van der Waals surface area contributed by atoms with E-state index in [9.17, 15) is 5.11 Å². The number of aliphatic hydroxyl groups is 1. The number of aromatic nitrogens is 1. The third-order valence-corrected chi connectivity index (χ3v) is 3.54. The van der Waals surface area contributed by atoms with Crippen molar-refractivity contribution in [2.24, 2.45) is 7.05 Å². The molecule has 0 spiro atoms. The van der Waals surface area contributed by atoms with Crippen LogP contribution in [0.15, 0.2) is 48.5 Å². The fourth-order valence-corrected chi connectivity index (χ4v) is 2.47. The highest BCUT2D eigenvalue weighted by Gasteiger charge is 2.12. The second kappa shape index (κ2) is 5.19. The van der Waals surface area contributed by atoms with Crippen molar-refractivity contribution in [3.05, 3.63) is 59.2 Å². The van der Waals surface area contributed by atoms with E-state index in [1.165, 1.54) is 0 Å². The molecule has 1 N–H and O–H groups in total. The Labute approximate surface area is 122 Å². The molecule has 0 bridgehead atoms. The summed E-state index contributed by atoms with van der Waals surface area (Å²) in [6, 6.07) is 15.1. The minimum absolute atomic E-state index is 0.0203. The number of aliphatic hydroxyl groups excluding tert-OH is 1. The lowest BCUT2D eigenvalue weighted by atomic mass is 10.2. The van der Waals surface area contributed by atoms with Crippen LogP contribution >= 0.6 is 11.6 Å². The summed E-state index contributed by atoms with van der Waals surface area (Å²) in [5.74, 6) is 1.44. The molecule has 0 amide bonds. The normalized spacial score (nSPS) is 10.9. The molecule has 0 saturated carbocycles. The standard InChI is InChI=1S/C16H14ClNO2/c1-18-12(10-19)9-14-15(18)7-11(17)8-16(14)20-13-5-3-2-4-6-13/h2-9,19H,10H2,1H3. The minimum Gasteiger partial charge on any atom is -0.457 e. The lowest BCUT2D eigenvalue weighted by Gasteiger charge is -2.08. The molecule has 1 heterocycles. The van der Waals surface area contributed by atoms with E-state index in [-0.39, 0.29) is 6.61 Å². The number of benzene rings is 2. The molecule has 3 rings (SSSR count). The average Bonchev–Trinajstić information content (AvgIpc) is 2.77. The van der Waals surface area contributed by atoms with Crippen LogP contribution in [0.2, 0.25) is 5.02 Å². The summed E-state index contributed by atoms with van der Waals surface area (Å²) in [4.78, 5) is 0. The van der Waals surface area contributed by atoms with Crippen molar-refractivity contribution in [1.82, 2.24) is 4.57 Å². The molecule has 3 aromatic rings. The van der Waals surface area contributed by atoms with E-state index in [4.69, 9.17) is 16.3 Å². The molecule has 0 unspecified atom stereocenters. The van der Waals surface area contributed by atoms with Gasteiger partial charge >= 0.3 is 0 Å². The van der Waals surface area contributed by atoms with Crippen LogP contribution in [-0.4, -0.2) is 9.67 Å². The Morgan fingerprint density at radius 2 is 1.90 bits per heavy atom. The van der Waals surface area contributed by atoms with Gasteiger partial charge in [-0.05, 0) is 24.3 Å². The summed E-state index contributed by atoms with van der Waals surface area (Å²) >= 11 is 6.16. The maximum absolute atomic E-state index is 9.37. The highest BCUT2D eigenvalue weighted by Crippen LogP contribution is 2.34. The SMILES string of the molecule is Cn1c(CO)cc2c(Oc3ccccc3)cc(Cl)cc21. The molecule has 2 aromatic carbocycles. The third-order valence-electron chi connectivity index (χ3n) is 3.32. The van der Waals surface area contributed by atoms with E-state index in [0.29, 0.717) is 10.8 Å². The second-order valence-corrected chi connectivity index (χ2v) is 5.04. The van der Waals surface area contributed by atoms with E-state index in [0.717, 1.165) is 22.3 Å². The van der Waals surface area contributed by atoms with Gasteiger partial charge in [-0.25, -0.2) is 0 Å². The van der Waals surface area contributed by atoms with Crippen LogP contribution < -0.4 is 4.74 Å². The van der Waals surface area contributed by atoms with Crippen LogP contribution in [0.5, 0.6) is 11.5 Å². The number of aryl methyl sites for hydroxylation is 1. The van der Waals surface area contributed by atoms with E-state index >= 15 is 0 Å². The molecular weight excluding hydrogens is 274 g/mol. The van der Waals surface area contributed by atoms with E-state index < -0.39 is 0 Å². The predicted octanol–water partition coefficient (Wildman–Crippen LogP) is 4.12. The van der Waals surface area contributed by atoms with Crippen LogP contribution in [0.4, 0.5) is 0 Å². The molecule has 0 radical (unpaired) electrons. The molecule has 0 fully saturated rings. The Morgan fingerprint density at radius 3 is 2.60 bits per heavy atom. The number of para-hydroxylation sites is 1. The van der Waals surface area contributed by atoms with Crippen molar-refractivity contribution in [1.29, 1.82) is 0 Å². The first kappa shape index (κ1) is 13.0. The molecule has 102 valence electrons. The van der Waals surface area contributed by atoms with Gasteiger partial charge in [0.15, 0.2) is 0 Å². The molecule has 20 heavy (non-hydrogen) atoms. The lowest BCUT2D eigenvalue weighted by Crippen LogP contribution is -1.94. The van der Waals surface area contributed by atoms with Gasteiger partial charge in [0.05, 0.1) is 12.1 Å². The number of fused-ring (bicyclic) bond motifs is 1. The Hall–Kier alpha value is -1.97. The highest BCUT2D eigenvalue weighted by atomic mass is 35.5. The zero-order valence-electron chi connectivity index (χ0n) is 11.0. The van der Waals surface area contributed by atoms with Crippen LogP contribution in [0, 0.1) is 0 Å². The maximum Gasteiger partial charge on any atom is 0.138 e. The molecule has 0 aliphatic carbocycles. The first-order valence-electron chi connectivity index (χ1n) is 6.30. The van der Waals surface area contributed by atoms with E-state index in [2.05, 4.69) is 0 Å². The molecule has 1 aromatic heterocycles. The van der Waals surface area contributed by atoms with Gasteiger partial charge < -0.3 is 14.4 Å². The van der Waals surface area contributed by atoms with Crippen LogP contribution in [0.25, 0.3) is 10.9 Å². The van der Waals surface area contributed by atoms with E-state index in [1.54, 1.807) is 6.07 Å². The summed E-state index contributed by atoms with van der Waals surface area (Å²) in [5.41, 5.74) is 1.76. The van der Waals surface area contributed by atoms with Gasteiger partial charge in [-0.2, -0.15) is 0 Å². The molecule has 4 heteroatoms. The van der Waals surface area contributed by atoms with Crippen molar-refractivity contribution in [3.8, 4) is 11.5 Å². The van der Waals surface area contributed by atoms with Crippen molar-refractivity contribution >= 4 is 22.5 Å². The van der Waals surface area contributed by atoms with Crippen molar-refractivity contribution in [2.75, 3.05) is 0 Å². The molecule has 3 nitrogen and oxygen atoms in total. The summed E-state index contributed by atoms with van der Waals surface area (Å²) in [7, 11) is 1.90. The number of nitrogens with zero attached hydrogens (tertiary/aromatic N) is 1. The fourth-order valence-electron chi connectivity index (χ4n) is 2.27. The summed E-state index contributed by atoms with van der Waals surface area (Å²) in [6.45, 7) is -0.0203. The molecule has 0 atom stereocenters. The van der Waals surface area contributed by atoms with Gasteiger partial charge in [-0.1, -0.05) is 29.8 Å². The van der Waals surface area contributed by atoms with E-state index in [1.807, 2.05) is 54.1 Å². The number of hydrogen-bond donors (Lipinski definition) is 1. The summed E-state index contributed by atoms with van der Waals surface area (Å²) in [6.07, 6.45) is 0. The number of rotatable bonds is 3. The Kier molecular flexibility index (Phi) is 3.38. The number of hydrogen-bond acceptors (Lipinski definition) is 2. The van der Waals surface area contributed by atoms with Gasteiger partial charge in [0, 0.05) is 29.2 Å². The maximum atomic E-state index is 9.37. The summed E-state index contributed by atoms with van der Waals surface area (Å²) < 4.78 is 7.82. The Morgan fingerprint density at radius 1 is 1.15 bits per heavy atom. The fraction of sp³-hybridized carbons (Fsp3) is 0.125. The molecule has 0 aliphatic rings. The summed E-state index contributed by atoms with van der Waals surface area (Å²) in [5, 5.41) is 10.9. The zero-order valence-corrected chi connectivity index (χ0v) is 11.8. The average molecular weight is 288 g/mol. The number of halogens is 1. The highest BCUT2D eigenvalue weighted by molar-refractivity contribution is 6.31. The smallest absolute Gasteiger partial charge is 0.138 e. The van der Waals surface area contributed by atoms with Crippen LogP contribution in [0.1, 0.15) is 5.69 Å². The van der Waals surface area contributed by atoms with Crippen molar-refractivity contribution in [3.63, 3.8) is 0 Å². The van der Waals surface area contributed by atoms with Gasteiger partial charge in [-0.3, -0.25) is 0 Å². The van der Waals surface area contributed by atoms with Gasteiger partial charge in [-0.15, -0.1) is 0 Å².